The van der Waals surface area contributed by atoms with Gasteiger partial charge >= 0.3 is 0 Å². The molecule has 10 nitrogen and oxygen atoms in total. The van der Waals surface area contributed by atoms with E-state index < -0.39 is 35.8 Å². The molecule has 176 valence electrons. The van der Waals surface area contributed by atoms with Crippen molar-refractivity contribution in [3.63, 3.8) is 0 Å². The number of H-pyrrole nitrogens is 2. The van der Waals surface area contributed by atoms with E-state index in [0.29, 0.717) is 18.5 Å². The minimum atomic E-state index is -0.940. The first-order valence-corrected chi connectivity index (χ1v) is 10.9. The number of nitrogens with one attached hydrogen (secondary N) is 4. The molecule has 3 atom stereocenters. The Hall–Kier alpha value is -3.66. The van der Waals surface area contributed by atoms with Crippen molar-refractivity contribution in [3.05, 3.63) is 54.2 Å². The minimum absolute atomic E-state index is 0.116. The third-order valence-electron chi connectivity index (χ3n) is 5.43. The molecule has 0 aliphatic rings. The number of hydrogen-bond acceptors (Lipinski definition) is 5. The van der Waals surface area contributed by atoms with Gasteiger partial charge in [-0.25, -0.2) is 4.98 Å². The topological polar surface area (TPSA) is 172 Å². The second kappa shape index (κ2) is 10.8. The SMILES string of the molecule is CC(C)C[C@H](NC(=O)[C@@H](N)Cc1c[nH]c2ccccc12)C(=O)N[C@@H](Cc1cnc[nH]1)C(N)=O. The van der Waals surface area contributed by atoms with Crippen LogP contribution in [0.4, 0.5) is 0 Å². The zero-order valence-electron chi connectivity index (χ0n) is 18.8. The van der Waals surface area contributed by atoms with Crippen LogP contribution < -0.4 is 22.1 Å². The van der Waals surface area contributed by atoms with Crippen molar-refractivity contribution in [2.45, 2.75) is 51.2 Å². The highest BCUT2D eigenvalue weighted by Gasteiger charge is 2.28. The fraction of sp³-hybridized carbons (Fsp3) is 0.391. The average molecular weight is 454 g/mol. The first-order chi connectivity index (χ1) is 15.7. The van der Waals surface area contributed by atoms with Crippen molar-refractivity contribution in [3.8, 4) is 0 Å². The number of nitrogens with zero attached hydrogens (tertiary/aromatic N) is 1. The van der Waals surface area contributed by atoms with Gasteiger partial charge in [-0.2, -0.15) is 0 Å². The average Bonchev–Trinajstić information content (AvgIpc) is 3.42. The molecule has 3 aromatic rings. The van der Waals surface area contributed by atoms with Crippen LogP contribution in [-0.4, -0.2) is 50.8 Å². The van der Waals surface area contributed by atoms with Gasteiger partial charge in [0.05, 0.1) is 12.4 Å². The Bertz CT molecular complexity index is 1090. The molecule has 3 amide bonds. The number of imidazole rings is 1. The van der Waals surface area contributed by atoms with Crippen molar-refractivity contribution in [2.24, 2.45) is 17.4 Å². The Morgan fingerprint density at radius 2 is 1.76 bits per heavy atom. The lowest BCUT2D eigenvalue weighted by Gasteiger charge is -2.24. The van der Waals surface area contributed by atoms with Crippen LogP contribution in [0.15, 0.2) is 43.0 Å². The van der Waals surface area contributed by atoms with Gasteiger partial charge in [-0.3, -0.25) is 14.4 Å². The molecule has 0 saturated carbocycles. The second-order valence-corrected chi connectivity index (χ2v) is 8.61. The Balaban J connectivity index is 1.66. The van der Waals surface area contributed by atoms with Crippen LogP contribution in [0.2, 0.25) is 0 Å². The third kappa shape index (κ3) is 6.42. The quantitative estimate of drug-likeness (QED) is 0.248. The molecule has 1 aromatic carbocycles. The number of nitrogens with two attached hydrogens (primary N) is 2. The van der Waals surface area contributed by atoms with Gasteiger partial charge in [-0.1, -0.05) is 32.0 Å². The van der Waals surface area contributed by atoms with Gasteiger partial charge in [0.2, 0.25) is 17.7 Å². The number of carbonyl (C=O) groups excluding carboxylic acids is 3. The van der Waals surface area contributed by atoms with Crippen LogP contribution >= 0.6 is 0 Å². The number of hydrogen-bond donors (Lipinski definition) is 6. The summed E-state index contributed by atoms with van der Waals surface area (Å²) in [5.41, 5.74) is 14.2. The fourth-order valence-corrected chi connectivity index (χ4v) is 3.72. The highest BCUT2D eigenvalue weighted by atomic mass is 16.2. The molecule has 0 aliphatic heterocycles. The number of para-hydroxylation sites is 1. The zero-order valence-corrected chi connectivity index (χ0v) is 18.8. The van der Waals surface area contributed by atoms with Crippen LogP contribution in [-0.2, 0) is 27.2 Å². The van der Waals surface area contributed by atoms with Gasteiger partial charge in [-0.15, -0.1) is 0 Å². The highest BCUT2D eigenvalue weighted by Crippen LogP contribution is 2.19. The highest BCUT2D eigenvalue weighted by molar-refractivity contribution is 5.93. The van der Waals surface area contributed by atoms with E-state index in [1.165, 1.54) is 6.33 Å². The second-order valence-electron chi connectivity index (χ2n) is 8.61. The molecule has 0 unspecified atom stereocenters. The van der Waals surface area contributed by atoms with Crippen LogP contribution in [0.3, 0.4) is 0 Å². The monoisotopic (exact) mass is 453 g/mol. The van der Waals surface area contributed by atoms with Gasteiger partial charge < -0.3 is 32.1 Å². The molecule has 0 spiro atoms. The number of aromatic amines is 2. The van der Waals surface area contributed by atoms with Crippen LogP contribution in [0, 0.1) is 5.92 Å². The van der Waals surface area contributed by atoms with Crippen molar-refractivity contribution in [1.29, 1.82) is 0 Å². The smallest absolute Gasteiger partial charge is 0.243 e. The normalized spacial score (nSPS) is 14.1. The van der Waals surface area contributed by atoms with Crippen molar-refractivity contribution < 1.29 is 14.4 Å². The molecule has 0 saturated heterocycles. The standard InChI is InChI=1S/C23H31N7O3/c1-13(2)7-20(23(33)29-19(21(25)31)9-15-11-26-12-28-15)30-22(32)17(24)8-14-10-27-18-6-4-3-5-16(14)18/h3-6,10-13,17,19-20,27H,7-9,24H2,1-2H3,(H2,25,31)(H,26,28)(H,29,33)(H,30,32)/t17-,19-,20-/m0/s1. The lowest BCUT2D eigenvalue weighted by atomic mass is 10.0. The summed E-state index contributed by atoms with van der Waals surface area (Å²) in [6, 6.07) is 5.13. The Morgan fingerprint density at radius 1 is 1.03 bits per heavy atom. The number of aromatic nitrogens is 3. The van der Waals surface area contributed by atoms with Gasteiger partial charge in [0, 0.05) is 35.4 Å². The number of primary amides is 1. The molecule has 0 aliphatic carbocycles. The van der Waals surface area contributed by atoms with Crippen LogP contribution in [0.25, 0.3) is 10.9 Å². The molecule has 33 heavy (non-hydrogen) atoms. The number of benzene rings is 1. The third-order valence-corrected chi connectivity index (χ3v) is 5.43. The summed E-state index contributed by atoms with van der Waals surface area (Å²) in [6.45, 7) is 3.88. The molecular weight excluding hydrogens is 422 g/mol. The molecule has 0 radical (unpaired) electrons. The van der Waals surface area contributed by atoms with Gasteiger partial charge in [0.25, 0.3) is 0 Å². The van der Waals surface area contributed by atoms with E-state index >= 15 is 0 Å². The lowest BCUT2D eigenvalue weighted by Crippen LogP contribution is -2.56. The van der Waals surface area contributed by atoms with E-state index in [1.807, 2.05) is 44.3 Å². The maximum Gasteiger partial charge on any atom is 0.243 e. The van der Waals surface area contributed by atoms with E-state index in [1.54, 1.807) is 6.20 Å². The fourth-order valence-electron chi connectivity index (χ4n) is 3.72. The number of rotatable bonds is 11. The summed E-state index contributed by atoms with van der Waals surface area (Å²) in [6.07, 6.45) is 5.74. The maximum absolute atomic E-state index is 13.0. The Morgan fingerprint density at radius 3 is 2.42 bits per heavy atom. The maximum atomic E-state index is 13.0. The van der Waals surface area contributed by atoms with E-state index in [9.17, 15) is 14.4 Å². The zero-order chi connectivity index (χ0) is 24.0. The summed E-state index contributed by atoms with van der Waals surface area (Å²) in [7, 11) is 0. The molecule has 0 bridgehead atoms. The minimum Gasteiger partial charge on any atom is -0.368 e. The number of amides is 3. The molecule has 8 N–H and O–H groups in total. The predicted octanol–water partition coefficient (Wildman–Crippen LogP) is 0.505. The largest absolute Gasteiger partial charge is 0.368 e. The number of fused-ring (bicyclic) bond motifs is 1. The summed E-state index contributed by atoms with van der Waals surface area (Å²) in [4.78, 5) is 47.6. The van der Waals surface area contributed by atoms with E-state index in [-0.39, 0.29) is 12.3 Å². The van der Waals surface area contributed by atoms with Crippen molar-refractivity contribution in [2.75, 3.05) is 0 Å². The van der Waals surface area contributed by atoms with Crippen LogP contribution in [0.1, 0.15) is 31.5 Å². The Kier molecular flexibility index (Phi) is 7.83. The van der Waals surface area contributed by atoms with Crippen LogP contribution in [0.5, 0.6) is 0 Å². The summed E-state index contributed by atoms with van der Waals surface area (Å²) in [5.74, 6) is -1.49. The first-order valence-electron chi connectivity index (χ1n) is 10.9. The molecule has 2 heterocycles. The van der Waals surface area contributed by atoms with Gasteiger partial charge in [0.15, 0.2) is 0 Å². The first kappa shape index (κ1) is 24.0. The van der Waals surface area contributed by atoms with E-state index in [4.69, 9.17) is 11.5 Å². The van der Waals surface area contributed by atoms with Crippen molar-refractivity contribution in [1.82, 2.24) is 25.6 Å². The van der Waals surface area contributed by atoms with E-state index in [2.05, 4.69) is 25.6 Å². The molecule has 2 aromatic heterocycles. The summed E-state index contributed by atoms with van der Waals surface area (Å²) >= 11 is 0. The molecular formula is C23H31N7O3. The molecule has 3 rings (SSSR count). The van der Waals surface area contributed by atoms with Gasteiger partial charge in [0.1, 0.15) is 12.1 Å². The molecule has 10 heteroatoms. The summed E-state index contributed by atoms with van der Waals surface area (Å²) < 4.78 is 0. The predicted molar refractivity (Wildman–Crippen MR) is 125 cm³/mol. The Labute approximate surface area is 191 Å². The summed E-state index contributed by atoms with van der Waals surface area (Å²) in [5, 5.41) is 6.41. The van der Waals surface area contributed by atoms with Gasteiger partial charge in [-0.05, 0) is 30.4 Å². The van der Waals surface area contributed by atoms with Crippen molar-refractivity contribution >= 4 is 28.6 Å². The lowest BCUT2D eigenvalue weighted by molar-refractivity contribution is -0.132. The molecule has 0 fully saturated rings. The number of carbonyl (C=O) groups is 3. The van der Waals surface area contributed by atoms with E-state index in [0.717, 1.165) is 16.5 Å².